The van der Waals surface area contributed by atoms with Gasteiger partial charge < -0.3 is 9.64 Å². The lowest BCUT2D eigenvalue weighted by molar-refractivity contribution is -0.0228. The average molecular weight is 402 g/mol. The van der Waals surface area contributed by atoms with Gasteiger partial charge in [-0.15, -0.1) is 0 Å². The first-order chi connectivity index (χ1) is 13.1. The van der Waals surface area contributed by atoms with Crippen LogP contribution in [0.4, 0.5) is 0 Å². The van der Waals surface area contributed by atoms with E-state index in [0.29, 0.717) is 35.3 Å². The molecule has 1 aromatic heterocycles. The zero-order valence-corrected chi connectivity index (χ0v) is 15.9. The van der Waals surface area contributed by atoms with Crippen LogP contribution < -0.4 is 0 Å². The van der Waals surface area contributed by atoms with Crippen molar-refractivity contribution < 1.29 is 9.53 Å². The highest BCUT2D eigenvalue weighted by Crippen LogP contribution is 2.29. The van der Waals surface area contributed by atoms with E-state index in [1.54, 1.807) is 18.3 Å². The SMILES string of the molecule is O=C(c1ccc(-c2ccn[nH]2)cc1)N1CCO[C@@H](c2ccc(Cl)c(Cl)c2)C1. The number of aromatic amines is 1. The van der Waals surface area contributed by atoms with Crippen LogP contribution in [0.15, 0.2) is 54.7 Å². The minimum atomic E-state index is -0.221. The predicted octanol–water partition coefficient (Wildman–Crippen LogP) is 4.60. The van der Waals surface area contributed by atoms with Crippen molar-refractivity contribution in [2.75, 3.05) is 19.7 Å². The molecule has 1 N–H and O–H groups in total. The van der Waals surface area contributed by atoms with Gasteiger partial charge in [-0.2, -0.15) is 5.10 Å². The van der Waals surface area contributed by atoms with Crippen molar-refractivity contribution in [3.8, 4) is 11.3 Å². The molecule has 1 fully saturated rings. The molecule has 0 unspecified atom stereocenters. The fourth-order valence-corrected chi connectivity index (χ4v) is 3.45. The van der Waals surface area contributed by atoms with Gasteiger partial charge in [0.15, 0.2) is 0 Å². The average Bonchev–Trinajstić information content (AvgIpc) is 3.25. The van der Waals surface area contributed by atoms with Gasteiger partial charge in [-0.05, 0) is 41.5 Å². The highest BCUT2D eigenvalue weighted by Gasteiger charge is 2.26. The van der Waals surface area contributed by atoms with Crippen molar-refractivity contribution in [3.05, 3.63) is 75.9 Å². The summed E-state index contributed by atoms with van der Waals surface area (Å²) in [6, 6.07) is 14.8. The Labute approximate surface area is 166 Å². The van der Waals surface area contributed by atoms with E-state index in [1.807, 2.05) is 41.3 Å². The molecule has 1 atom stereocenters. The Morgan fingerprint density at radius 2 is 1.93 bits per heavy atom. The Hall–Kier alpha value is -2.34. The van der Waals surface area contributed by atoms with E-state index in [2.05, 4.69) is 10.2 Å². The summed E-state index contributed by atoms with van der Waals surface area (Å²) in [4.78, 5) is 14.7. The normalized spacial score (nSPS) is 17.1. The van der Waals surface area contributed by atoms with E-state index in [1.165, 1.54) is 0 Å². The molecular formula is C20H17Cl2N3O2. The minimum Gasteiger partial charge on any atom is -0.370 e. The molecule has 2 heterocycles. The summed E-state index contributed by atoms with van der Waals surface area (Å²) in [5.41, 5.74) is 3.46. The van der Waals surface area contributed by atoms with E-state index in [-0.39, 0.29) is 12.0 Å². The molecule has 1 aliphatic rings. The van der Waals surface area contributed by atoms with Crippen molar-refractivity contribution in [1.82, 2.24) is 15.1 Å². The molecule has 0 bridgehead atoms. The van der Waals surface area contributed by atoms with Gasteiger partial charge in [0.25, 0.3) is 5.91 Å². The van der Waals surface area contributed by atoms with Crippen LogP contribution in [0.1, 0.15) is 22.0 Å². The van der Waals surface area contributed by atoms with Crippen LogP contribution >= 0.6 is 23.2 Å². The van der Waals surface area contributed by atoms with Crippen molar-refractivity contribution in [2.45, 2.75) is 6.10 Å². The molecule has 0 radical (unpaired) electrons. The predicted molar refractivity (Wildman–Crippen MR) is 105 cm³/mol. The number of H-pyrrole nitrogens is 1. The Bertz CT molecular complexity index is 942. The highest BCUT2D eigenvalue weighted by atomic mass is 35.5. The number of carbonyl (C=O) groups excluding carboxylic acids is 1. The summed E-state index contributed by atoms with van der Waals surface area (Å²) in [5, 5.41) is 7.85. The second-order valence-corrected chi connectivity index (χ2v) is 7.15. The monoisotopic (exact) mass is 401 g/mol. The zero-order chi connectivity index (χ0) is 18.8. The van der Waals surface area contributed by atoms with Gasteiger partial charge in [-0.25, -0.2) is 0 Å². The molecule has 0 spiro atoms. The fraction of sp³-hybridized carbons (Fsp3) is 0.200. The number of ether oxygens (including phenoxy) is 1. The second kappa shape index (κ2) is 7.72. The first kappa shape index (κ1) is 18.0. The summed E-state index contributed by atoms with van der Waals surface area (Å²) in [6.45, 7) is 1.50. The zero-order valence-electron chi connectivity index (χ0n) is 14.4. The largest absolute Gasteiger partial charge is 0.370 e. The van der Waals surface area contributed by atoms with Gasteiger partial charge in [0, 0.05) is 18.3 Å². The van der Waals surface area contributed by atoms with Crippen LogP contribution in [-0.4, -0.2) is 40.7 Å². The van der Waals surface area contributed by atoms with Crippen LogP contribution in [0.25, 0.3) is 11.3 Å². The lowest BCUT2D eigenvalue weighted by Gasteiger charge is -2.33. The third-order valence-electron chi connectivity index (χ3n) is 4.61. The van der Waals surface area contributed by atoms with Gasteiger partial charge in [-0.1, -0.05) is 41.4 Å². The molecule has 7 heteroatoms. The number of rotatable bonds is 3. The van der Waals surface area contributed by atoms with E-state index < -0.39 is 0 Å². The van der Waals surface area contributed by atoms with E-state index in [9.17, 15) is 4.79 Å². The van der Waals surface area contributed by atoms with E-state index in [4.69, 9.17) is 27.9 Å². The molecule has 27 heavy (non-hydrogen) atoms. The smallest absolute Gasteiger partial charge is 0.254 e. The third-order valence-corrected chi connectivity index (χ3v) is 5.35. The molecule has 2 aromatic carbocycles. The number of nitrogens with zero attached hydrogens (tertiary/aromatic N) is 2. The highest BCUT2D eigenvalue weighted by molar-refractivity contribution is 6.42. The van der Waals surface area contributed by atoms with Crippen LogP contribution in [0.2, 0.25) is 10.0 Å². The number of amides is 1. The quantitative estimate of drug-likeness (QED) is 0.697. The Morgan fingerprint density at radius 1 is 1.11 bits per heavy atom. The van der Waals surface area contributed by atoms with Crippen LogP contribution in [0.3, 0.4) is 0 Å². The molecule has 5 nitrogen and oxygen atoms in total. The van der Waals surface area contributed by atoms with Crippen molar-refractivity contribution in [2.24, 2.45) is 0 Å². The van der Waals surface area contributed by atoms with Crippen LogP contribution in [0, 0.1) is 0 Å². The summed E-state index contributed by atoms with van der Waals surface area (Å²) in [6.07, 6.45) is 1.48. The summed E-state index contributed by atoms with van der Waals surface area (Å²) in [7, 11) is 0. The van der Waals surface area contributed by atoms with Gasteiger partial charge in [0.05, 0.1) is 28.9 Å². The number of carbonyl (C=O) groups is 1. The molecule has 3 aromatic rings. The second-order valence-electron chi connectivity index (χ2n) is 6.33. The molecule has 1 saturated heterocycles. The van der Waals surface area contributed by atoms with Gasteiger partial charge >= 0.3 is 0 Å². The Morgan fingerprint density at radius 3 is 2.63 bits per heavy atom. The van der Waals surface area contributed by atoms with Gasteiger partial charge in [-0.3, -0.25) is 9.89 Å². The first-order valence-electron chi connectivity index (χ1n) is 8.57. The first-order valence-corrected chi connectivity index (χ1v) is 9.33. The topological polar surface area (TPSA) is 58.2 Å². The van der Waals surface area contributed by atoms with Crippen molar-refractivity contribution in [1.29, 1.82) is 0 Å². The van der Waals surface area contributed by atoms with Crippen LogP contribution in [0.5, 0.6) is 0 Å². The Balaban J connectivity index is 1.49. The maximum absolute atomic E-state index is 12.9. The van der Waals surface area contributed by atoms with Gasteiger partial charge in [0.2, 0.25) is 0 Å². The summed E-state index contributed by atoms with van der Waals surface area (Å²) in [5.74, 6) is -0.0143. The minimum absolute atomic E-state index is 0.0143. The number of halogens is 2. The lowest BCUT2D eigenvalue weighted by atomic mass is 10.1. The van der Waals surface area contributed by atoms with Crippen LogP contribution in [-0.2, 0) is 4.74 Å². The summed E-state index contributed by atoms with van der Waals surface area (Å²) < 4.78 is 5.84. The molecule has 0 aliphatic carbocycles. The molecule has 138 valence electrons. The molecular weight excluding hydrogens is 385 g/mol. The Kier molecular flexibility index (Phi) is 5.16. The van der Waals surface area contributed by atoms with E-state index >= 15 is 0 Å². The number of hydrogen-bond acceptors (Lipinski definition) is 3. The number of nitrogens with one attached hydrogen (secondary N) is 1. The van der Waals surface area contributed by atoms with Crippen molar-refractivity contribution in [3.63, 3.8) is 0 Å². The maximum Gasteiger partial charge on any atom is 0.254 e. The third kappa shape index (κ3) is 3.86. The van der Waals surface area contributed by atoms with Crippen molar-refractivity contribution >= 4 is 29.1 Å². The molecule has 0 saturated carbocycles. The summed E-state index contributed by atoms with van der Waals surface area (Å²) >= 11 is 12.1. The lowest BCUT2D eigenvalue weighted by Crippen LogP contribution is -2.42. The number of benzene rings is 2. The molecule has 4 rings (SSSR count). The molecule has 1 aliphatic heterocycles. The van der Waals surface area contributed by atoms with Gasteiger partial charge in [0.1, 0.15) is 6.10 Å². The molecule has 1 amide bonds. The fourth-order valence-electron chi connectivity index (χ4n) is 3.14. The van der Waals surface area contributed by atoms with E-state index in [0.717, 1.165) is 16.8 Å². The maximum atomic E-state index is 12.9. The number of aromatic nitrogens is 2. The standard InChI is InChI=1S/C20H17Cl2N3O2/c21-16-6-5-15(11-17(16)22)19-12-25(9-10-27-19)20(26)14-3-1-13(2-4-14)18-7-8-23-24-18/h1-8,11,19H,9-10,12H2,(H,23,24)/t19-/m1/s1. The number of morpholine rings is 1. The number of hydrogen-bond donors (Lipinski definition) is 1.